The summed E-state index contributed by atoms with van der Waals surface area (Å²) in [6.45, 7) is 6.14. The standard InChI is InChI=1S/C42H64O27/c1-16-25(22(14-58-17(2)43)63-39(57-13)26(16)60-19(4)45)65-41-35(54-10)30(52-8)32(33(69-41)38(50)56-12)68-42-36(62-21(6)47)31(61-20(5)46)27(23(64-42)15-59-18(3)44)66-40-34(53-9)28(51-7)24(48)29(67-40)37(49)55-11/h16,22-36,39-42,48H,14-15H2,1-13H3/t16-,22?,23+,24+,25+,26?,27+,28-,29?,30?,31?,32-,33+,34?,35?,36?,39+,40+,41-,42+/m0/s1. The molecule has 0 aromatic carbocycles. The smallest absolute Gasteiger partial charge is 0.337 e. The van der Waals surface area contributed by atoms with Gasteiger partial charge in [-0.2, -0.15) is 0 Å². The number of ether oxygens (including phenoxy) is 19. The highest BCUT2D eigenvalue weighted by molar-refractivity contribution is 5.76. The molecular formula is C42H64O27. The first-order chi connectivity index (χ1) is 32.7. The van der Waals surface area contributed by atoms with Gasteiger partial charge in [-0.25, -0.2) is 9.59 Å². The Bertz CT molecular complexity index is 1740. The van der Waals surface area contributed by atoms with E-state index >= 15 is 0 Å². The molecule has 69 heavy (non-hydrogen) atoms. The number of hydrogen-bond acceptors (Lipinski definition) is 27. The van der Waals surface area contributed by atoms with Gasteiger partial charge in [0.05, 0.1) is 20.3 Å². The summed E-state index contributed by atoms with van der Waals surface area (Å²) < 4.78 is 110. The second-order valence-corrected chi connectivity index (χ2v) is 16.0. The van der Waals surface area contributed by atoms with E-state index in [1.54, 1.807) is 6.92 Å². The molecular weight excluding hydrogens is 936 g/mol. The molecule has 0 aromatic rings. The van der Waals surface area contributed by atoms with Gasteiger partial charge in [-0.1, -0.05) is 6.92 Å². The van der Waals surface area contributed by atoms with Gasteiger partial charge in [0.2, 0.25) is 0 Å². The number of carbonyl (C=O) groups is 7. The fraction of sp³-hybridized carbons (Fsp3) is 0.833. The van der Waals surface area contributed by atoms with E-state index in [0.29, 0.717) is 0 Å². The molecule has 0 bridgehead atoms. The maximum Gasteiger partial charge on any atom is 0.337 e. The SMILES string of the molecule is COC(=O)C1O[C@@H](O[C@H]2C(OC(C)=O)C(OC(C)=O)[C@@H](O[C@H]3C(OC)C(OC)[C@@H](O[C@H]4C(COC(C)=O)O[C@@H](OC)C(OC(C)=O)[C@H]4C)O[C@H]3C(=O)OC)O[C@@H]2COC(C)=O)C(OC)[C@@H](OC)[C@H]1O. The Hall–Kier alpha value is -4.23. The Balaban J connectivity index is 1.80. The molecule has 4 heterocycles. The minimum Gasteiger partial charge on any atom is -0.467 e. The molecule has 4 saturated heterocycles. The molecule has 8 unspecified atom stereocenters. The molecule has 1 N–H and O–H groups in total. The molecule has 0 aliphatic carbocycles. The summed E-state index contributed by atoms with van der Waals surface area (Å²) in [4.78, 5) is 88.8. The van der Waals surface area contributed by atoms with Crippen LogP contribution in [0.25, 0.3) is 0 Å². The Morgan fingerprint density at radius 1 is 0.406 bits per heavy atom. The van der Waals surface area contributed by atoms with Gasteiger partial charge in [0.15, 0.2) is 55.7 Å². The van der Waals surface area contributed by atoms with Gasteiger partial charge in [0.1, 0.15) is 68.1 Å². The lowest BCUT2D eigenvalue weighted by Crippen LogP contribution is -2.69. The van der Waals surface area contributed by atoms with Crippen LogP contribution in [0.2, 0.25) is 0 Å². The molecule has 4 rings (SSSR count). The second-order valence-electron chi connectivity index (χ2n) is 16.0. The molecule has 4 aliphatic heterocycles. The lowest BCUT2D eigenvalue weighted by atomic mass is 9.90. The number of aliphatic hydroxyl groups excluding tert-OH is 1. The van der Waals surface area contributed by atoms with Crippen LogP contribution in [0.4, 0.5) is 0 Å². The van der Waals surface area contributed by atoms with Crippen molar-refractivity contribution in [3.05, 3.63) is 0 Å². The van der Waals surface area contributed by atoms with Crippen LogP contribution in [0.3, 0.4) is 0 Å². The van der Waals surface area contributed by atoms with E-state index in [2.05, 4.69) is 0 Å². The molecule has 0 aromatic heterocycles. The zero-order chi connectivity index (χ0) is 51.4. The highest BCUT2D eigenvalue weighted by atomic mass is 16.8. The van der Waals surface area contributed by atoms with Crippen LogP contribution in [0.5, 0.6) is 0 Å². The summed E-state index contributed by atoms with van der Waals surface area (Å²) in [6.07, 6.45) is -28.4. The van der Waals surface area contributed by atoms with Crippen molar-refractivity contribution in [3.63, 3.8) is 0 Å². The Morgan fingerprint density at radius 2 is 0.812 bits per heavy atom. The summed E-state index contributed by atoms with van der Waals surface area (Å²) in [5, 5.41) is 11.0. The molecule has 0 amide bonds. The molecule has 0 spiro atoms. The second kappa shape index (κ2) is 26.3. The van der Waals surface area contributed by atoms with Gasteiger partial charge in [-0.15, -0.1) is 0 Å². The van der Waals surface area contributed by atoms with Crippen molar-refractivity contribution in [2.45, 2.75) is 158 Å². The minimum absolute atomic E-state index is 0.361. The van der Waals surface area contributed by atoms with Gasteiger partial charge in [-0.05, 0) is 0 Å². The maximum absolute atomic E-state index is 13.8. The lowest BCUT2D eigenvalue weighted by molar-refractivity contribution is -0.385. The monoisotopic (exact) mass is 1000 g/mol. The van der Waals surface area contributed by atoms with E-state index in [9.17, 15) is 38.7 Å². The molecule has 4 aliphatic rings. The van der Waals surface area contributed by atoms with E-state index in [1.165, 1.54) is 49.4 Å². The Labute approximate surface area is 397 Å². The van der Waals surface area contributed by atoms with Crippen LogP contribution in [0.15, 0.2) is 0 Å². The first-order valence-electron chi connectivity index (χ1n) is 21.5. The summed E-state index contributed by atoms with van der Waals surface area (Å²) in [7, 11) is 8.37. The van der Waals surface area contributed by atoms with E-state index in [-0.39, 0.29) is 6.61 Å². The first kappa shape index (κ1) is 57.3. The maximum atomic E-state index is 13.8. The number of hydrogen-bond donors (Lipinski definition) is 1. The van der Waals surface area contributed by atoms with Crippen LogP contribution < -0.4 is 0 Å². The highest BCUT2D eigenvalue weighted by Gasteiger charge is 2.60. The zero-order valence-corrected chi connectivity index (χ0v) is 40.5. The van der Waals surface area contributed by atoms with Gasteiger partial charge >= 0.3 is 41.8 Å². The van der Waals surface area contributed by atoms with Crippen molar-refractivity contribution >= 4 is 41.8 Å². The summed E-state index contributed by atoms with van der Waals surface area (Å²) >= 11 is 0. The topological polar surface area (TPSA) is 315 Å². The van der Waals surface area contributed by atoms with E-state index < -0.39 is 171 Å². The van der Waals surface area contributed by atoms with Crippen molar-refractivity contribution < 1.29 is 129 Å². The molecule has 0 radical (unpaired) electrons. The van der Waals surface area contributed by atoms with Gasteiger partial charge < -0.3 is 95.1 Å². The van der Waals surface area contributed by atoms with Crippen molar-refractivity contribution in [1.29, 1.82) is 0 Å². The number of methoxy groups -OCH3 is 7. The molecule has 27 nitrogen and oxygen atoms in total. The average Bonchev–Trinajstić information content (AvgIpc) is 3.30. The molecule has 20 atom stereocenters. The van der Waals surface area contributed by atoms with Crippen molar-refractivity contribution in [3.8, 4) is 0 Å². The fourth-order valence-corrected chi connectivity index (χ4v) is 8.44. The lowest BCUT2D eigenvalue weighted by Gasteiger charge is -2.51. The van der Waals surface area contributed by atoms with Crippen molar-refractivity contribution in [2.75, 3.05) is 63.0 Å². The number of rotatable bonds is 20. The summed E-state index contributed by atoms with van der Waals surface area (Å²) in [5.74, 6) is -6.88. The van der Waals surface area contributed by atoms with E-state index in [1.807, 2.05) is 0 Å². The van der Waals surface area contributed by atoms with Gasteiger partial charge in [0, 0.05) is 76.1 Å². The Morgan fingerprint density at radius 3 is 1.29 bits per heavy atom. The van der Waals surface area contributed by atoms with Gasteiger partial charge in [-0.3, -0.25) is 24.0 Å². The predicted octanol–water partition coefficient (Wildman–Crippen LogP) is -1.99. The quantitative estimate of drug-likeness (QED) is 0.102. The van der Waals surface area contributed by atoms with Gasteiger partial charge in [0.25, 0.3) is 0 Å². The van der Waals surface area contributed by atoms with E-state index in [0.717, 1.165) is 35.0 Å². The zero-order valence-electron chi connectivity index (χ0n) is 40.5. The number of carbonyl (C=O) groups excluding carboxylic acids is 7. The summed E-state index contributed by atoms with van der Waals surface area (Å²) in [6, 6.07) is 0. The third kappa shape index (κ3) is 14.0. The largest absolute Gasteiger partial charge is 0.467 e. The van der Waals surface area contributed by atoms with Crippen LogP contribution >= 0.6 is 0 Å². The average molecular weight is 1000 g/mol. The van der Waals surface area contributed by atoms with Crippen molar-refractivity contribution in [1.82, 2.24) is 0 Å². The predicted molar refractivity (Wildman–Crippen MR) is 219 cm³/mol. The third-order valence-corrected chi connectivity index (χ3v) is 11.5. The molecule has 0 saturated carbocycles. The molecule has 394 valence electrons. The van der Waals surface area contributed by atoms with Crippen LogP contribution in [0.1, 0.15) is 41.5 Å². The fourth-order valence-electron chi connectivity index (χ4n) is 8.44. The van der Waals surface area contributed by atoms with Crippen molar-refractivity contribution in [2.24, 2.45) is 5.92 Å². The van der Waals surface area contributed by atoms with Crippen LogP contribution in [-0.4, -0.2) is 227 Å². The minimum atomic E-state index is -1.88. The molecule has 27 heteroatoms. The highest BCUT2D eigenvalue weighted by Crippen LogP contribution is 2.39. The van der Waals surface area contributed by atoms with Crippen LogP contribution in [-0.2, 0) is 124 Å². The van der Waals surface area contributed by atoms with Crippen LogP contribution in [0, 0.1) is 5.92 Å². The first-order valence-corrected chi connectivity index (χ1v) is 21.5. The number of aliphatic hydroxyl groups is 1. The normalized spacial score (nSPS) is 37.9. The Kier molecular flexibility index (Phi) is 21.8. The third-order valence-electron chi connectivity index (χ3n) is 11.5. The van der Waals surface area contributed by atoms with E-state index in [4.69, 9.17) is 90.0 Å². The summed E-state index contributed by atoms with van der Waals surface area (Å²) in [5.41, 5.74) is 0. The molecule has 4 fully saturated rings. The number of esters is 7.